The number of pyridine rings is 1. The van der Waals surface area contributed by atoms with Gasteiger partial charge in [0, 0.05) is 36.6 Å². The molecule has 45 heavy (non-hydrogen) atoms. The number of hydrogen-bond acceptors (Lipinski definition) is 5. The Morgan fingerprint density at radius 1 is 0.822 bits per heavy atom. The van der Waals surface area contributed by atoms with Crippen LogP contribution in [0.2, 0.25) is 0 Å². The number of imidazole rings is 2. The highest BCUT2D eigenvalue weighted by molar-refractivity contribution is 5.81. The van der Waals surface area contributed by atoms with Gasteiger partial charge in [-0.05, 0) is 55.5 Å². The number of hydrogen-bond donors (Lipinski definition) is 2. The fourth-order valence-electron chi connectivity index (χ4n) is 4.72. The zero-order valence-corrected chi connectivity index (χ0v) is 23.3. The Balaban J connectivity index is 1.24. The molecule has 0 aliphatic heterocycles. The molecule has 0 aliphatic carbocycles. The Morgan fingerprint density at radius 3 is 2.31 bits per heavy atom. The van der Waals surface area contributed by atoms with E-state index >= 15 is 0 Å². The normalized spacial score (nSPS) is 12.1. The van der Waals surface area contributed by atoms with Crippen molar-refractivity contribution in [3.63, 3.8) is 0 Å². The molecule has 14 heteroatoms. The minimum atomic E-state index is -4.64. The molecule has 3 aromatic carbocycles. The van der Waals surface area contributed by atoms with Crippen molar-refractivity contribution in [3.8, 4) is 34.3 Å². The van der Waals surface area contributed by atoms with Gasteiger partial charge in [0.05, 0.1) is 33.5 Å². The molecule has 0 bridgehead atoms. The number of ether oxygens (including phenoxy) is 1. The zero-order chi connectivity index (χ0) is 32.1. The summed E-state index contributed by atoms with van der Waals surface area (Å²) in [7, 11) is 1.62. The summed E-state index contributed by atoms with van der Waals surface area (Å²) in [6, 6.07) is 15.1. The van der Waals surface area contributed by atoms with Crippen molar-refractivity contribution in [2.75, 3.05) is 5.32 Å². The van der Waals surface area contributed by atoms with Gasteiger partial charge in [0.1, 0.15) is 23.0 Å². The molecule has 0 spiro atoms. The molecule has 2 N–H and O–H groups in total. The number of fused-ring (bicyclic) bond motifs is 1. The van der Waals surface area contributed by atoms with E-state index in [1.165, 1.54) is 12.3 Å². The van der Waals surface area contributed by atoms with Crippen LogP contribution in [0.15, 0.2) is 79.0 Å². The Morgan fingerprint density at radius 2 is 1.56 bits per heavy atom. The summed E-state index contributed by atoms with van der Waals surface area (Å²) in [5.41, 5.74) is 0.419. The monoisotopic (exact) mass is 626 g/mol. The van der Waals surface area contributed by atoms with Crippen molar-refractivity contribution in [2.45, 2.75) is 19.3 Å². The van der Waals surface area contributed by atoms with E-state index in [0.717, 1.165) is 18.2 Å². The van der Waals surface area contributed by atoms with E-state index in [1.54, 1.807) is 54.9 Å². The zero-order valence-electron chi connectivity index (χ0n) is 23.3. The molecular weight excluding hydrogens is 605 g/mol. The van der Waals surface area contributed by atoms with Crippen LogP contribution in [0, 0.1) is 12.7 Å². The second-order valence-corrected chi connectivity index (χ2v) is 10.1. The van der Waals surface area contributed by atoms with Crippen LogP contribution in [0.3, 0.4) is 0 Å². The van der Waals surface area contributed by atoms with E-state index in [1.807, 2.05) is 0 Å². The fourth-order valence-corrected chi connectivity index (χ4v) is 4.72. The van der Waals surface area contributed by atoms with Crippen molar-refractivity contribution in [3.05, 3.63) is 102 Å². The molecule has 0 unspecified atom stereocenters. The lowest BCUT2D eigenvalue weighted by atomic mass is 10.1. The Hall–Kier alpha value is -5.40. The molecule has 0 atom stereocenters. The molecule has 230 valence electrons. The van der Waals surface area contributed by atoms with Crippen molar-refractivity contribution < 1.29 is 35.5 Å². The Labute approximate surface area is 250 Å². The van der Waals surface area contributed by atoms with Gasteiger partial charge in [-0.15, -0.1) is 0 Å². The van der Waals surface area contributed by atoms with E-state index in [0.29, 0.717) is 63.1 Å². The third kappa shape index (κ3) is 6.03. The number of halogens is 7. The summed E-state index contributed by atoms with van der Waals surface area (Å²) in [5.74, 6) is 0.296. The molecule has 0 aliphatic rings. The highest BCUT2D eigenvalue weighted by Crippen LogP contribution is 2.35. The highest BCUT2D eigenvalue weighted by atomic mass is 19.4. The molecular formula is C31H21F7N6O. The first-order valence-electron chi connectivity index (χ1n) is 13.2. The third-order valence-electron chi connectivity index (χ3n) is 6.95. The van der Waals surface area contributed by atoms with Crippen LogP contribution in [0.4, 0.5) is 42.4 Å². The molecule has 6 aromatic rings. The molecule has 6 rings (SSSR count). The summed E-state index contributed by atoms with van der Waals surface area (Å²) in [5, 5.41) is 2.63. The van der Waals surface area contributed by atoms with Crippen molar-refractivity contribution in [1.82, 2.24) is 24.5 Å². The largest absolute Gasteiger partial charge is 0.457 e. The first-order valence-corrected chi connectivity index (χ1v) is 13.2. The number of H-pyrrole nitrogens is 1. The van der Waals surface area contributed by atoms with Crippen LogP contribution in [-0.4, -0.2) is 24.5 Å². The molecule has 3 aromatic heterocycles. The van der Waals surface area contributed by atoms with Crippen molar-refractivity contribution in [2.24, 2.45) is 7.05 Å². The predicted molar refractivity (Wildman–Crippen MR) is 152 cm³/mol. The number of aromatic amines is 1. The van der Waals surface area contributed by atoms with Gasteiger partial charge in [-0.25, -0.2) is 14.4 Å². The number of alkyl halides is 6. The maximum Gasteiger partial charge on any atom is 0.416 e. The summed E-state index contributed by atoms with van der Waals surface area (Å²) < 4.78 is 101. The standard InChI is InChI=1S/C31H21F7N6O/c1-16-27(17-4-3-5-18(12-17)30(33,34)35)43-28(40-16)25-15-21(10-11-39-25)45-20-7-9-26-24(14-20)42-29(44(26)2)41-23-13-19(31(36,37)38)6-8-22(23)32/h3-15H,1-2H3,(H,40,43)(H,41,42). The quantitative estimate of drug-likeness (QED) is 0.180. The lowest BCUT2D eigenvalue weighted by Gasteiger charge is -2.11. The van der Waals surface area contributed by atoms with Crippen LogP contribution >= 0.6 is 0 Å². The maximum atomic E-state index is 14.3. The molecule has 0 saturated carbocycles. The lowest BCUT2D eigenvalue weighted by molar-refractivity contribution is -0.138. The molecule has 0 saturated heterocycles. The molecule has 7 nitrogen and oxygen atoms in total. The summed E-state index contributed by atoms with van der Waals surface area (Å²) >= 11 is 0. The van der Waals surface area contributed by atoms with Gasteiger partial charge < -0.3 is 19.6 Å². The molecule has 3 heterocycles. The van der Waals surface area contributed by atoms with Crippen molar-refractivity contribution in [1.29, 1.82) is 0 Å². The topological polar surface area (TPSA) is 80.6 Å². The third-order valence-corrected chi connectivity index (χ3v) is 6.95. The summed E-state index contributed by atoms with van der Waals surface area (Å²) in [6.07, 6.45) is -7.65. The van der Waals surface area contributed by atoms with Gasteiger partial charge in [0.15, 0.2) is 5.82 Å². The van der Waals surface area contributed by atoms with Crippen molar-refractivity contribution >= 4 is 22.7 Å². The van der Waals surface area contributed by atoms with Crippen LogP contribution < -0.4 is 10.1 Å². The van der Waals surface area contributed by atoms with Gasteiger partial charge in [0.2, 0.25) is 5.95 Å². The van der Waals surface area contributed by atoms with E-state index in [2.05, 4.69) is 25.3 Å². The second-order valence-electron chi connectivity index (χ2n) is 10.1. The number of rotatable bonds is 6. The number of aryl methyl sites for hydroxylation is 2. The maximum absolute atomic E-state index is 14.3. The van der Waals surface area contributed by atoms with E-state index in [9.17, 15) is 30.7 Å². The van der Waals surface area contributed by atoms with Crippen LogP contribution in [0.25, 0.3) is 33.8 Å². The van der Waals surface area contributed by atoms with Crippen LogP contribution in [0.1, 0.15) is 16.8 Å². The number of nitrogens with zero attached hydrogens (tertiary/aromatic N) is 4. The molecule has 0 fully saturated rings. The smallest absolute Gasteiger partial charge is 0.416 e. The minimum Gasteiger partial charge on any atom is -0.457 e. The fraction of sp³-hybridized carbons (Fsp3) is 0.129. The molecule has 0 amide bonds. The minimum absolute atomic E-state index is 0.108. The van der Waals surface area contributed by atoms with E-state index in [4.69, 9.17) is 4.74 Å². The molecule has 0 radical (unpaired) electrons. The van der Waals surface area contributed by atoms with Crippen LogP contribution in [0.5, 0.6) is 11.5 Å². The summed E-state index contributed by atoms with van der Waals surface area (Å²) in [4.78, 5) is 16.2. The van der Waals surface area contributed by atoms with Gasteiger partial charge in [0.25, 0.3) is 0 Å². The lowest BCUT2D eigenvalue weighted by Crippen LogP contribution is -2.07. The average molecular weight is 627 g/mol. The highest BCUT2D eigenvalue weighted by Gasteiger charge is 2.32. The number of anilines is 2. The summed E-state index contributed by atoms with van der Waals surface area (Å²) in [6.45, 7) is 1.69. The number of benzene rings is 3. The first kappa shape index (κ1) is 29.7. The number of nitrogens with one attached hydrogen (secondary N) is 2. The first-order chi connectivity index (χ1) is 21.3. The van der Waals surface area contributed by atoms with E-state index in [-0.39, 0.29) is 11.6 Å². The predicted octanol–water partition coefficient (Wildman–Crippen LogP) is 9.05. The SMILES string of the molecule is Cc1[nH]c(-c2cc(Oc3ccc4c(c3)nc(Nc3cc(C(F)(F)F)ccc3F)n4C)ccn2)nc1-c1cccc(C(F)(F)F)c1. The second kappa shape index (κ2) is 10.9. The van der Waals surface area contributed by atoms with Gasteiger partial charge >= 0.3 is 12.4 Å². The number of aromatic nitrogens is 5. The Kier molecular flexibility index (Phi) is 7.22. The van der Waals surface area contributed by atoms with Crippen LogP contribution in [-0.2, 0) is 19.4 Å². The Bertz CT molecular complexity index is 2050. The van der Waals surface area contributed by atoms with E-state index < -0.39 is 29.3 Å². The van der Waals surface area contributed by atoms with Gasteiger partial charge in [-0.2, -0.15) is 26.3 Å². The average Bonchev–Trinajstić information content (AvgIpc) is 3.52. The van der Waals surface area contributed by atoms with Gasteiger partial charge in [-0.1, -0.05) is 12.1 Å². The van der Waals surface area contributed by atoms with Gasteiger partial charge in [-0.3, -0.25) is 4.98 Å².